The molecule has 10 heteroatoms. The van der Waals surface area contributed by atoms with Gasteiger partial charge in [-0.1, -0.05) is 24.3 Å². The zero-order valence-corrected chi connectivity index (χ0v) is 18.8. The van der Waals surface area contributed by atoms with Gasteiger partial charge >= 0.3 is 5.97 Å². The lowest BCUT2D eigenvalue weighted by Gasteiger charge is -2.20. The summed E-state index contributed by atoms with van der Waals surface area (Å²) in [4.78, 5) is 39.3. The first-order chi connectivity index (χ1) is 16.7. The predicted molar refractivity (Wildman–Crippen MR) is 133 cm³/mol. The van der Waals surface area contributed by atoms with E-state index in [4.69, 9.17) is 22.0 Å². The van der Waals surface area contributed by atoms with Crippen molar-refractivity contribution in [1.82, 2.24) is 4.98 Å². The van der Waals surface area contributed by atoms with Crippen LogP contribution in [-0.2, 0) is 9.59 Å². The van der Waals surface area contributed by atoms with Gasteiger partial charge in [-0.15, -0.1) is 0 Å². The van der Waals surface area contributed by atoms with E-state index in [0.29, 0.717) is 23.4 Å². The van der Waals surface area contributed by atoms with E-state index in [9.17, 15) is 14.4 Å². The number of nitrogens with zero attached hydrogens (tertiary/aromatic N) is 1. The van der Waals surface area contributed by atoms with E-state index in [1.54, 1.807) is 60.7 Å². The number of nitrogens with one attached hydrogen (secondary N) is 3. The maximum atomic E-state index is 13.0. The first-order valence-corrected chi connectivity index (χ1v) is 10.8. The highest BCUT2D eigenvalue weighted by molar-refractivity contribution is 5.98. The van der Waals surface area contributed by atoms with Crippen LogP contribution in [-0.4, -0.2) is 39.8 Å². The summed E-state index contributed by atoms with van der Waals surface area (Å²) in [6.45, 7) is 0. The van der Waals surface area contributed by atoms with Gasteiger partial charge in [-0.05, 0) is 60.4 Å². The number of hydrogen-bond acceptors (Lipinski definition) is 6. The molecule has 0 bridgehead atoms. The Bertz CT molecular complexity index is 1240. The molecule has 3 aromatic rings. The molecule has 0 fully saturated rings. The molecule has 0 aliphatic rings. The maximum Gasteiger partial charge on any atom is 0.303 e. The van der Waals surface area contributed by atoms with Gasteiger partial charge in [0.05, 0.1) is 0 Å². The number of carboxylic acid groups (broad SMARTS) is 1. The number of carbonyl (C=O) groups excluding carboxylic acids is 2. The Morgan fingerprint density at radius 3 is 2.37 bits per heavy atom. The third kappa shape index (κ3) is 7.13. The second-order valence-corrected chi connectivity index (χ2v) is 7.84. The van der Waals surface area contributed by atoms with Crippen LogP contribution in [0.1, 0.15) is 35.3 Å². The predicted octanol–water partition coefficient (Wildman–Crippen LogP) is 2.81. The molecule has 2 aromatic carbocycles. The van der Waals surface area contributed by atoms with Crippen molar-refractivity contribution in [2.45, 2.75) is 25.3 Å². The van der Waals surface area contributed by atoms with Crippen molar-refractivity contribution >= 4 is 35.0 Å². The Kier molecular flexibility index (Phi) is 8.12. The van der Waals surface area contributed by atoms with Crippen LogP contribution in [0.4, 0.5) is 11.4 Å². The molecule has 3 rings (SSSR count). The minimum atomic E-state index is -0.936. The number of pyridine rings is 1. The fraction of sp³-hybridized carbons (Fsp3) is 0.160. The van der Waals surface area contributed by atoms with Crippen molar-refractivity contribution in [3.05, 3.63) is 78.1 Å². The standard InChI is InChI=1S/C25H26N6O4/c26-23(27)17-3-1-4-19(13-17)30-20(5-2-6-22(32)33)25(35)31-18-9-7-15(8-10-18)16-11-12-29-21(14-16)24(28)34/h1,3-4,7-14,20,30H,2,5-6H2,(H3,26,27)(H2,28,34)(H,31,35)(H,32,33)/t20-/m0/s1. The number of primary amides is 1. The third-order valence-electron chi connectivity index (χ3n) is 5.21. The van der Waals surface area contributed by atoms with Gasteiger partial charge in [-0.25, -0.2) is 0 Å². The summed E-state index contributed by atoms with van der Waals surface area (Å²) >= 11 is 0. The van der Waals surface area contributed by atoms with Gasteiger partial charge in [0.15, 0.2) is 0 Å². The summed E-state index contributed by atoms with van der Waals surface area (Å²) in [6, 6.07) is 16.5. The Morgan fingerprint density at radius 1 is 0.971 bits per heavy atom. The Balaban J connectivity index is 1.74. The molecule has 1 heterocycles. The maximum absolute atomic E-state index is 13.0. The Labute approximate surface area is 201 Å². The van der Waals surface area contributed by atoms with Crippen molar-refractivity contribution in [2.75, 3.05) is 10.6 Å². The number of anilines is 2. The van der Waals surface area contributed by atoms with Gasteiger partial charge in [0, 0.05) is 29.6 Å². The fourth-order valence-corrected chi connectivity index (χ4v) is 3.42. The molecule has 0 saturated carbocycles. The van der Waals surface area contributed by atoms with E-state index < -0.39 is 17.9 Å². The largest absolute Gasteiger partial charge is 0.481 e. The van der Waals surface area contributed by atoms with Crippen molar-refractivity contribution in [2.24, 2.45) is 11.5 Å². The van der Waals surface area contributed by atoms with Crippen molar-refractivity contribution in [3.8, 4) is 11.1 Å². The molecular weight excluding hydrogens is 448 g/mol. The van der Waals surface area contributed by atoms with Crippen molar-refractivity contribution < 1.29 is 19.5 Å². The number of amides is 2. The molecule has 0 aliphatic heterocycles. The average molecular weight is 475 g/mol. The molecule has 180 valence electrons. The normalized spacial score (nSPS) is 11.3. The second kappa shape index (κ2) is 11.4. The van der Waals surface area contributed by atoms with Gasteiger partial charge in [0.1, 0.15) is 17.6 Å². The minimum Gasteiger partial charge on any atom is -0.481 e. The van der Waals surface area contributed by atoms with E-state index in [1.807, 2.05) is 0 Å². The summed E-state index contributed by atoms with van der Waals surface area (Å²) in [5.41, 5.74) is 14.2. The molecule has 0 radical (unpaired) electrons. The molecule has 8 N–H and O–H groups in total. The number of carbonyl (C=O) groups is 3. The zero-order valence-electron chi connectivity index (χ0n) is 18.8. The smallest absolute Gasteiger partial charge is 0.303 e. The molecular formula is C25H26N6O4. The highest BCUT2D eigenvalue weighted by atomic mass is 16.4. The van der Waals surface area contributed by atoms with Gasteiger partial charge in [0.2, 0.25) is 5.91 Å². The number of aliphatic carboxylic acids is 1. The lowest BCUT2D eigenvalue weighted by atomic mass is 10.0. The van der Waals surface area contributed by atoms with E-state index in [-0.39, 0.29) is 30.3 Å². The topological polar surface area (TPSA) is 184 Å². The van der Waals surface area contributed by atoms with Crippen LogP contribution in [0.2, 0.25) is 0 Å². The second-order valence-electron chi connectivity index (χ2n) is 7.84. The molecule has 10 nitrogen and oxygen atoms in total. The number of nitrogen functional groups attached to an aromatic ring is 1. The van der Waals surface area contributed by atoms with Crippen molar-refractivity contribution in [3.63, 3.8) is 0 Å². The first-order valence-electron chi connectivity index (χ1n) is 10.8. The number of rotatable bonds is 11. The summed E-state index contributed by atoms with van der Waals surface area (Å²) in [5, 5.41) is 22.5. The molecule has 2 amide bonds. The van der Waals surface area contributed by atoms with E-state index >= 15 is 0 Å². The number of carboxylic acids is 1. The Morgan fingerprint density at radius 2 is 1.71 bits per heavy atom. The lowest BCUT2D eigenvalue weighted by molar-refractivity contribution is -0.137. The molecule has 0 aliphatic carbocycles. The average Bonchev–Trinajstić information content (AvgIpc) is 2.84. The number of benzene rings is 2. The van der Waals surface area contributed by atoms with Crippen LogP contribution in [0.5, 0.6) is 0 Å². The van der Waals surface area contributed by atoms with Gasteiger partial charge in [-0.3, -0.25) is 24.8 Å². The Hall–Kier alpha value is -4.73. The van der Waals surface area contributed by atoms with Gasteiger partial charge in [-0.2, -0.15) is 0 Å². The van der Waals surface area contributed by atoms with Crippen LogP contribution in [0.25, 0.3) is 11.1 Å². The van der Waals surface area contributed by atoms with Gasteiger partial charge in [0.25, 0.3) is 5.91 Å². The number of hydrogen-bond donors (Lipinski definition) is 6. The van der Waals surface area contributed by atoms with Crippen molar-refractivity contribution in [1.29, 1.82) is 5.41 Å². The lowest BCUT2D eigenvalue weighted by Crippen LogP contribution is -2.35. The van der Waals surface area contributed by atoms with Gasteiger partial charge < -0.3 is 27.2 Å². The first kappa shape index (κ1) is 24.9. The minimum absolute atomic E-state index is 0.0626. The van der Waals surface area contributed by atoms with Crippen LogP contribution in [0, 0.1) is 5.41 Å². The zero-order chi connectivity index (χ0) is 25.4. The summed E-state index contributed by atoms with van der Waals surface area (Å²) in [7, 11) is 0. The van der Waals surface area contributed by atoms with Crippen LogP contribution < -0.4 is 22.1 Å². The summed E-state index contributed by atoms with van der Waals surface area (Å²) in [6.07, 6.45) is 2.02. The molecule has 0 unspecified atom stereocenters. The SMILES string of the molecule is N=C(N)c1cccc(N[C@@H](CCCC(=O)O)C(=O)Nc2ccc(-c3ccnc(C(N)=O)c3)cc2)c1. The summed E-state index contributed by atoms with van der Waals surface area (Å²) in [5.74, 6) is -1.99. The van der Waals surface area contributed by atoms with E-state index in [0.717, 1.165) is 11.1 Å². The van der Waals surface area contributed by atoms with E-state index in [2.05, 4.69) is 15.6 Å². The fourth-order valence-electron chi connectivity index (χ4n) is 3.42. The van der Waals surface area contributed by atoms with E-state index in [1.165, 1.54) is 6.20 Å². The molecule has 0 spiro atoms. The highest BCUT2D eigenvalue weighted by Crippen LogP contribution is 2.22. The number of aromatic nitrogens is 1. The quantitative estimate of drug-likeness (QED) is 0.182. The molecule has 1 aromatic heterocycles. The number of nitrogens with two attached hydrogens (primary N) is 2. The molecule has 1 atom stereocenters. The summed E-state index contributed by atoms with van der Waals surface area (Å²) < 4.78 is 0. The van der Waals surface area contributed by atoms with Crippen LogP contribution in [0.15, 0.2) is 66.9 Å². The molecule has 0 saturated heterocycles. The molecule has 35 heavy (non-hydrogen) atoms. The highest BCUT2D eigenvalue weighted by Gasteiger charge is 2.19. The van der Waals surface area contributed by atoms with Crippen LogP contribution in [0.3, 0.4) is 0 Å². The monoisotopic (exact) mass is 474 g/mol. The third-order valence-corrected chi connectivity index (χ3v) is 5.21. The van der Waals surface area contributed by atoms with Crippen LogP contribution >= 0.6 is 0 Å². The number of amidine groups is 1.